The lowest BCUT2D eigenvalue weighted by molar-refractivity contribution is -0.0766. The molecular weight excluding hydrogens is 200 g/mol. The second-order valence-corrected chi connectivity index (χ2v) is 6.43. The third-order valence-electron chi connectivity index (χ3n) is 5.24. The van der Waals surface area contributed by atoms with Crippen LogP contribution in [0, 0.1) is 5.41 Å². The zero-order valence-electron chi connectivity index (χ0n) is 10.4. The zero-order chi connectivity index (χ0) is 11.3. The molecule has 1 aliphatic carbocycles. The molecule has 1 saturated carbocycles. The summed E-state index contributed by atoms with van der Waals surface area (Å²) in [6.07, 6.45) is 4.88. The number of nitrogens with one attached hydrogen (secondary N) is 1. The number of nitrogens with zero attached hydrogens (tertiary/aromatic N) is 1. The van der Waals surface area contributed by atoms with Gasteiger partial charge in [0.15, 0.2) is 0 Å². The third-order valence-corrected chi connectivity index (χ3v) is 5.24. The van der Waals surface area contributed by atoms with Gasteiger partial charge in [-0.1, -0.05) is 13.8 Å². The SMILES string of the molecule is CC1(C)C(O)CC1NC1CCN2CCCC12. The van der Waals surface area contributed by atoms with Gasteiger partial charge in [0.05, 0.1) is 6.10 Å². The minimum Gasteiger partial charge on any atom is -0.392 e. The van der Waals surface area contributed by atoms with Crippen molar-refractivity contribution < 1.29 is 5.11 Å². The largest absolute Gasteiger partial charge is 0.392 e. The second-order valence-electron chi connectivity index (χ2n) is 6.43. The van der Waals surface area contributed by atoms with Crippen molar-refractivity contribution in [3.8, 4) is 0 Å². The third kappa shape index (κ3) is 1.52. The van der Waals surface area contributed by atoms with Gasteiger partial charge >= 0.3 is 0 Å². The van der Waals surface area contributed by atoms with E-state index in [1.165, 1.54) is 32.4 Å². The van der Waals surface area contributed by atoms with Gasteiger partial charge in [-0.3, -0.25) is 4.90 Å². The van der Waals surface area contributed by atoms with Gasteiger partial charge in [-0.15, -0.1) is 0 Å². The Morgan fingerprint density at radius 2 is 2.06 bits per heavy atom. The van der Waals surface area contributed by atoms with E-state index in [-0.39, 0.29) is 11.5 Å². The van der Waals surface area contributed by atoms with Crippen molar-refractivity contribution in [1.82, 2.24) is 10.2 Å². The fourth-order valence-electron chi connectivity index (χ4n) is 3.72. The van der Waals surface area contributed by atoms with Crippen LogP contribution in [0.5, 0.6) is 0 Å². The molecule has 2 saturated heterocycles. The Balaban J connectivity index is 1.60. The van der Waals surface area contributed by atoms with Gasteiger partial charge in [0.2, 0.25) is 0 Å². The first-order valence-corrected chi connectivity index (χ1v) is 6.77. The molecule has 0 bridgehead atoms. The van der Waals surface area contributed by atoms with Crippen molar-refractivity contribution in [2.75, 3.05) is 13.1 Å². The van der Waals surface area contributed by atoms with Crippen LogP contribution in [0.25, 0.3) is 0 Å². The molecule has 0 aromatic carbocycles. The Hall–Kier alpha value is -0.120. The van der Waals surface area contributed by atoms with E-state index >= 15 is 0 Å². The number of aliphatic hydroxyl groups excluding tert-OH is 1. The van der Waals surface area contributed by atoms with Crippen LogP contribution in [-0.2, 0) is 0 Å². The van der Waals surface area contributed by atoms with Crippen LogP contribution >= 0.6 is 0 Å². The van der Waals surface area contributed by atoms with E-state index < -0.39 is 0 Å². The summed E-state index contributed by atoms with van der Waals surface area (Å²) >= 11 is 0. The number of aliphatic hydroxyl groups is 1. The quantitative estimate of drug-likeness (QED) is 0.734. The highest BCUT2D eigenvalue weighted by molar-refractivity contribution is 5.05. The van der Waals surface area contributed by atoms with Gasteiger partial charge in [-0.25, -0.2) is 0 Å². The Morgan fingerprint density at radius 3 is 2.75 bits per heavy atom. The first-order valence-electron chi connectivity index (χ1n) is 6.77. The lowest BCUT2D eigenvalue weighted by atomic mass is 9.64. The molecule has 4 unspecified atom stereocenters. The molecule has 0 spiro atoms. The van der Waals surface area contributed by atoms with Gasteiger partial charge in [0.1, 0.15) is 0 Å². The summed E-state index contributed by atoms with van der Waals surface area (Å²) in [5.41, 5.74) is 0.0754. The highest BCUT2D eigenvalue weighted by Gasteiger charge is 2.49. The smallest absolute Gasteiger partial charge is 0.0621 e. The Labute approximate surface area is 98.2 Å². The van der Waals surface area contributed by atoms with Crippen LogP contribution in [0.3, 0.4) is 0 Å². The first-order chi connectivity index (χ1) is 7.59. The van der Waals surface area contributed by atoms with Gasteiger partial charge in [0.25, 0.3) is 0 Å². The van der Waals surface area contributed by atoms with Gasteiger partial charge in [0, 0.05) is 30.1 Å². The van der Waals surface area contributed by atoms with Crippen molar-refractivity contribution >= 4 is 0 Å². The molecule has 3 fully saturated rings. The maximum Gasteiger partial charge on any atom is 0.0621 e. The van der Waals surface area contributed by atoms with Crippen LogP contribution in [0.4, 0.5) is 0 Å². The average molecular weight is 224 g/mol. The highest BCUT2D eigenvalue weighted by Crippen LogP contribution is 2.41. The first kappa shape index (κ1) is 11.0. The lowest BCUT2D eigenvalue weighted by Crippen LogP contribution is -2.63. The summed E-state index contributed by atoms with van der Waals surface area (Å²) in [4.78, 5) is 2.64. The Morgan fingerprint density at radius 1 is 1.25 bits per heavy atom. The minimum absolute atomic E-state index is 0.0754. The van der Waals surface area contributed by atoms with Crippen molar-refractivity contribution in [2.24, 2.45) is 5.41 Å². The fraction of sp³-hybridized carbons (Fsp3) is 1.00. The summed E-state index contributed by atoms with van der Waals surface area (Å²) in [6.45, 7) is 6.94. The molecule has 16 heavy (non-hydrogen) atoms. The summed E-state index contributed by atoms with van der Waals surface area (Å²) < 4.78 is 0. The number of rotatable bonds is 2. The molecule has 2 aliphatic heterocycles. The van der Waals surface area contributed by atoms with Gasteiger partial charge in [-0.2, -0.15) is 0 Å². The monoisotopic (exact) mass is 224 g/mol. The number of hydrogen-bond acceptors (Lipinski definition) is 3. The molecule has 0 aromatic rings. The van der Waals surface area contributed by atoms with E-state index in [4.69, 9.17) is 0 Å². The molecule has 4 atom stereocenters. The molecular formula is C13H24N2O. The molecule has 3 heteroatoms. The molecule has 3 nitrogen and oxygen atoms in total. The van der Waals surface area contributed by atoms with E-state index in [1.54, 1.807) is 0 Å². The maximum absolute atomic E-state index is 9.76. The van der Waals surface area contributed by atoms with Crippen LogP contribution in [0.1, 0.15) is 39.5 Å². The van der Waals surface area contributed by atoms with Crippen LogP contribution < -0.4 is 5.32 Å². The molecule has 2 N–H and O–H groups in total. The van der Waals surface area contributed by atoms with Crippen LogP contribution in [-0.4, -0.2) is 47.3 Å². The minimum atomic E-state index is -0.105. The van der Waals surface area contributed by atoms with E-state index in [1.807, 2.05) is 0 Å². The van der Waals surface area contributed by atoms with Gasteiger partial charge < -0.3 is 10.4 Å². The summed E-state index contributed by atoms with van der Waals surface area (Å²) in [6, 6.07) is 1.99. The Bertz CT molecular complexity index is 279. The van der Waals surface area contributed by atoms with E-state index in [0.717, 1.165) is 12.5 Å². The molecule has 0 aromatic heterocycles. The topological polar surface area (TPSA) is 35.5 Å². The molecule has 92 valence electrons. The molecule has 2 heterocycles. The van der Waals surface area contributed by atoms with Crippen molar-refractivity contribution in [2.45, 2.75) is 63.8 Å². The van der Waals surface area contributed by atoms with E-state index in [9.17, 15) is 5.11 Å². The molecule has 0 amide bonds. The van der Waals surface area contributed by atoms with E-state index in [2.05, 4.69) is 24.1 Å². The summed E-state index contributed by atoms with van der Waals surface area (Å²) in [5, 5.41) is 13.6. The molecule has 3 rings (SSSR count). The zero-order valence-corrected chi connectivity index (χ0v) is 10.4. The second kappa shape index (κ2) is 3.69. The molecule has 0 radical (unpaired) electrons. The lowest BCUT2D eigenvalue weighted by Gasteiger charge is -2.51. The predicted octanol–water partition coefficient (Wildman–Crippen LogP) is 0.972. The maximum atomic E-state index is 9.76. The normalized spacial score (nSPS) is 46.7. The van der Waals surface area contributed by atoms with Crippen LogP contribution in [0.2, 0.25) is 0 Å². The van der Waals surface area contributed by atoms with Gasteiger partial charge in [-0.05, 0) is 32.2 Å². The highest BCUT2D eigenvalue weighted by atomic mass is 16.3. The molecule has 3 aliphatic rings. The standard InChI is InChI=1S/C13H24N2O/c1-13(2)11(8-12(13)16)14-9-5-7-15-6-3-4-10(9)15/h9-12,14,16H,3-8H2,1-2H3. The summed E-state index contributed by atoms with van der Waals surface area (Å²) in [7, 11) is 0. The van der Waals surface area contributed by atoms with Crippen molar-refractivity contribution in [3.05, 3.63) is 0 Å². The van der Waals surface area contributed by atoms with Crippen LogP contribution in [0.15, 0.2) is 0 Å². The van der Waals surface area contributed by atoms with Crippen molar-refractivity contribution in [3.63, 3.8) is 0 Å². The number of fused-ring (bicyclic) bond motifs is 1. The Kier molecular flexibility index (Phi) is 2.54. The summed E-state index contributed by atoms with van der Waals surface area (Å²) in [5.74, 6) is 0. The van der Waals surface area contributed by atoms with E-state index in [0.29, 0.717) is 12.1 Å². The van der Waals surface area contributed by atoms with Crippen molar-refractivity contribution in [1.29, 1.82) is 0 Å². The fourth-order valence-corrected chi connectivity index (χ4v) is 3.72. The number of hydrogen-bond donors (Lipinski definition) is 2. The predicted molar refractivity (Wildman–Crippen MR) is 64.3 cm³/mol. The average Bonchev–Trinajstić information content (AvgIpc) is 2.81.